The maximum absolute atomic E-state index is 8.78. The van der Waals surface area contributed by atoms with Crippen molar-refractivity contribution in [1.82, 2.24) is 4.90 Å². The van der Waals surface area contributed by atoms with Gasteiger partial charge in [0.25, 0.3) is 0 Å². The van der Waals surface area contributed by atoms with E-state index >= 15 is 0 Å². The van der Waals surface area contributed by atoms with Crippen LogP contribution in [0.5, 0.6) is 0 Å². The number of hydrogen-bond acceptors (Lipinski definition) is 3. The van der Waals surface area contributed by atoms with Gasteiger partial charge in [0.1, 0.15) is 0 Å². The van der Waals surface area contributed by atoms with Gasteiger partial charge in [0.15, 0.2) is 0 Å². The first-order chi connectivity index (χ1) is 10.3. The lowest BCUT2D eigenvalue weighted by Crippen LogP contribution is -2.37. The van der Waals surface area contributed by atoms with Crippen LogP contribution in [0, 0.1) is 6.92 Å². The molecule has 0 saturated carbocycles. The Kier molecular flexibility index (Phi) is 7.20. The van der Waals surface area contributed by atoms with Crippen molar-refractivity contribution in [2.24, 2.45) is 0 Å². The van der Waals surface area contributed by atoms with E-state index < -0.39 is 0 Å². The minimum Gasteiger partial charge on any atom is -0.396 e. The summed E-state index contributed by atoms with van der Waals surface area (Å²) < 4.78 is 6.08. The molecule has 0 atom stereocenters. The standard InChI is InChI=1S/C18H29NO2/c1-16-7-3-4-8-17(16)15-21-18-9-12-19(13-10-18)11-5-2-6-14-20/h3-4,7-8,18,20H,2,5-6,9-15H2,1H3. The van der Waals surface area contributed by atoms with Gasteiger partial charge in [-0.15, -0.1) is 0 Å². The summed E-state index contributed by atoms with van der Waals surface area (Å²) >= 11 is 0. The molecule has 1 aliphatic rings. The van der Waals surface area contributed by atoms with E-state index in [-0.39, 0.29) is 0 Å². The number of ether oxygens (including phenoxy) is 1. The smallest absolute Gasteiger partial charge is 0.0723 e. The van der Waals surface area contributed by atoms with Gasteiger partial charge in [-0.2, -0.15) is 0 Å². The monoisotopic (exact) mass is 291 g/mol. The van der Waals surface area contributed by atoms with Crippen molar-refractivity contribution in [3.8, 4) is 0 Å². The Labute approximate surface area is 128 Å². The molecule has 0 amide bonds. The zero-order chi connectivity index (χ0) is 14.9. The van der Waals surface area contributed by atoms with E-state index in [1.807, 2.05) is 0 Å². The molecule has 1 N–H and O–H groups in total. The molecule has 3 heteroatoms. The fourth-order valence-corrected chi connectivity index (χ4v) is 2.90. The molecule has 118 valence electrons. The van der Waals surface area contributed by atoms with Crippen LogP contribution >= 0.6 is 0 Å². The van der Waals surface area contributed by atoms with Crippen molar-refractivity contribution in [3.05, 3.63) is 35.4 Å². The van der Waals surface area contributed by atoms with Gasteiger partial charge in [0.2, 0.25) is 0 Å². The number of piperidine rings is 1. The molecule has 1 fully saturated rings. The van der Waals surface area contributed by atoms with Crippen molar-refractivity contribution in [2.75, 3.05) is 26.2 Å². The number of nitrogens with zero attached hydrogens (tertiary/aromatic N) is 1. The van der Waals surface area contributed by atoms with Crippen molar-refractivity contribution in [1.29, 1.82) is 0 Å². The predicted molar refractivity (Wildman–Crippen MR) is 86.4 cm³/mol. The van der Waals surface area contributed by atoms with Gasteiger partial charge in [0, 0.05) is 19.7 Å². The molecule has 0 spiro atoms. The average Bonchev–Trinajstić information content (AvgIpc) is 2.52. The molecule has 1 saturated heterocycles. The summed E-state index contributed by atoms with van der Waals surface area (Å²) in [6, 6.07) is 8.47. The average molecular weight is 291 g/mol. The summed E-state index contributed by atoms with van der Waals surface area (Å²) in [5.41, 5.74) is 2.63. The molecule has 21 heavy (non-hydrogen) atoms. The number of hydrogen-bond donors (Lipinski definition) is 1. The second kappa shape index (κ2) is 9.19. The highest BCUT2D eigenvalue weighted by atomic mass is 16.5. The van der Waals surface area contributed by atoms with Gasteiger partial charge in [-0.25, -0.2) is 0 Å². The van der Waals surface area contributed by atoms with Crippen molar-refractivity contribution < 1.29 is 9.84 Å². The van der Waals surface area contributed by atoms with Crippen LogP contribution in [0.4, 0.5) is 0 Å². The summed E-state index contributed by atoms with van der Waals surface area (Å²) in [6.45, 7) is 6.69. The van der Waals surface area contributed by atoms with Crippen LogP contribution < -0.4 is 0 Å². The fourth-order valence-electron chi connectivity index (χ4n) is 2.90. The maximum Gasteiger partial charge on any atom is 0.0723 e. The van der Waals surface area contributed by atoms with Gasteiger partial charge < -0.3 is 14.7 Å². The van der Waals surface area contributed by atoms with Gasteiger partial charge in [-0.3, -0.25) is 0 Å². The number of aliphatic hydroxyl groups is 1. The first kappa shape index (κ1) is 16.5. The van der Waals surface area contributed by atoms with Gasteiger partial charge >= 0.3 is 0 Å². The normalized spacial score (nSPS) is 17.2. The molecule has 0 aliphatic carbocycles. The number of likely N-dealkylation sites (tertiary alicyclic amines) is 1. The number of aryl methyl sites for hydroxylation is 1. The minimum atomic E-state index is 0.328. The van der Waals surface area contributed by atoms with Crippen molar-refractivity contribution in [3.63, 3.8) is 0 Å². The lowest BCUT2D eigenvalue weighted by molar-refractivity contribution is -0.00285. The third kappa shape index (κ3) is 5.77. The number of unbranched alkanes of at least 4 members (excludes halogenated alkanes) is 2. The molecule has 1 aliphatic heterocycles. The number of rotatable bonds is 8. The predicted octanol–water partition coefficient (Wildman–Crippen LogP) is 3.14. The zero-order valence-electron chi connectivity index (χ0n) is 13.3. The Hall–Kier alpha value is -0.900. The van der Waals surface area contributed by atoms with E-state index in [1.54, 1.807) is 0 Å². The highest BCUT2D eigenvalue weighted by Gasteiger charge is 2.19. The molecule has 3 nitrogen and oxygen atoms in total. The highest BCUT2D eigenvalue weighted by molar-refractivity contribution is 5.24. The summed E-state index contributed by atoms with van der Waals surface area (Å²) in [7, 11) is 0. The van der Waals surface area contributed by atoms with Crippen LogP contribution in [0.25, 0.3) is 0 Å². The first-order valence-corrected chi connectivity index (χ1v) is 8.29. The largest absolute Gasteiger partial charge is 0.396 e. The van der Waals surface area contributed by atoms with Crippen LogP contribution in [0.1, 0.15) is 43.2 Å². The molecule has 0 bridgehead atoms. The summed E-state index contributed by atoms with van der Waals surface area (Å²) in [6.07, 6.45) is 5.99. The van der Waals surface area contributed by atoms with Crippen LogP contribution in [0.2, 0.25) is 0 Å². The molecule has 1 aromatic carbocycles. The SMILES string of the molecule is Cc1ccccc1COC1CCN(CCCCCO)CC1. The Morgan fingerprint density at radius 1 is 1.14 bits per heavy atom. The summed E-state index contributed by atoms with van der Waals surface area (Å²) in [5, 5.41) is 8.78. The van der Waals surface area contributed by atoms with Gasteiger partial charge in [-0.1, -0.05) is 24.3 Å². The summed E-state index contributed by atoms with van der Waals surface area (Å²) in [5.74, 6) is 0. The van der Waals surface area contributed by atoms with Crippen molar-refractivity contribution in [2.45, 2.75) is 51.7 Å². The minimum absolute atomic E-state index is 0.328. The van der Waals surface area contributed by atoms with Crippen LogP contribution in [-0.2, 0) is 11.3 Å². The Balaban J connectivity index is 1.62. The zero-order valence-corrected chi connectivity index (χ0v) is 13.3. The maximum atomic E-state index is 8.78. The molecule has 2 rings (SSSR count). The molecular weight excluding hydrogens is 262 g/mol. The lowest BCUT2D eigenvalue weighted by atomic mass is 10.1. The molecule has 0 radical (unpaired) electrons. The van der Waals surface area contributed by atoms with E-state index in [4.69, 9.17) is 9.84 Å². The molecule has 1 aromatic rings. The number of aliphatic hydroxyl groups excluding tert-OH is 1. The van der Waals surface area contributed by atoms with E-state index in [2.05, 4.69) is 36.1 Å². The van der Waals surface area contributed by atoms with Gasteiger partial charge in [-0.05, 0) is 56.7 Å². The van der Waals surface area contributed by atoms with Crippen molar-refractivity contribution >= 4 is 0 Å². The van der Waals surface area contributed by atoms with E-state index in [0.29, 0.717) is 12.7 Å². The fraction of sp³-hybridized carbons (Fsp3) is 0.667. The third-order valence-corrected chi connectivity index (χ3v) is 4.40. The van der Waals surface area contributed by atoms with Crippen LogP contribution in [-0.4, -0.2) is 42.4 Å². The first-order valence-electron chi connectivity index (χ1n) is 8.29. The van der Waals surface area contributed by atoms with E-state index in [9.17, 15) is 0 Å². The second-order valence-corrected chi connectivity index (χ2v) is 6.06. The topological polar surface area (TPSA) is 32.7 Å². The molecule has 0 aromatic heterocycles. The second-order valence-electron chi connectivity index (χ2n) is 6.06. The van der Waals surface area contributed by atoms with E-state index in [1.165, 1.54) is 24.1 Å². The molecule has 1 heterocycles. The lowest BCUT2D eigenvalue weighted by Gasteiger charge is -2.32. The van der Waals surface area contributed by atoms with E-state index in [0.717, 1.165) is 45.4 Å². The van der Waals surface area contributed by atoms with Crippen LogP contribution in [0.15, 0.2) is 24.3 Å². The molecular formula is C18H29NO2. The quantitative estimate of drug-likeness (QED) is 0.747. The highest BCUT2D eigenvalue weighted by Crippen LogP contribution is 2.17. The third-order valence-electron chi connectivity index (χ3n) is 4.40. The Morgan fingerprint density at radius 2 is 1.90 bits per heavy atom. The Morgan fingerprint density at radius 3 is 2.62 bits per heavy atom. The molecule has 0 unspecified atom stereocenters. The van der Waals surface area contributed by atoms with Gasteiger partial charge in [0.05, 0.1) is 12.7 Å². The number of benzene rings is 1. The summed E-state index contributed by atoms with van der Waals surface area (Å²) in [4.78, 5) is 2.53. The Bertz CT molecular complexity index is 400. The van der Waals surface area contributed by atoms with Crippen LogP contribution in [0.3, 0.4) is 0 Å².